The van der Waals surface area contributed by atoms with Crippen molar-refractivity contribution in [2.75, 3.05) is 32.9 Å². The number of nitrogens with zero attached hydrogens (tertiary/aromatic N) is 2. The number of pyridine rings is 1. The average Bonchev–Trinajstić information content (AvgIpc) is 2.75. The topological polar surface area (TPSA) is 70.1 Å². The molecule has 2 aliphatic rings. The van der Waals surface area contributed by atoms with Crippen LogP contribution in [0.4, 0.5) is 0 Å². The van der Waals surface area contributed by atoms with Crippen molar-refractivity contribution in [3.63, 3.8) is 0 Å². The second-order valence-corrected chi connectivity index (χ2v) is 6.90. The number of ether oxygens (including phenoxy) is 4. The lowest BCUT2D eigenvalue weighted by molar-refractivity contribution is -0.139. The molecule has 0 spiro atoms. The molecule has 0 bridgehead atoms. The molecule has 0 aliphatic carbocycles. The van der Waals surface area contributed by atoms with Gasteiger partial charge in [-0.15, -0.1) is 0 Å². The fourth-order valence-electron chi connectivity index (χ4n) is 3.35. The van der Waals surface area contributed by atoms with Gasteiger partial charge in [-0.25, -0.2) is 0 Å². The maximum Gasteiger partial charge on any atom is 0.248 e. The van der Waals surface area contributed by atoms with Gasteiger partial charge in [-0.05, 0) is 24.3 Å². The number of benzene rings is 1. The Labute approximate surface area is 164 Å². The number of carbonyl (C=O) groups is 1. The highest BCUT2D eigenvalue weighted by atomic mass is 16.6. The number of hydrogen-bond donors (Lipinski definition) is 0. The summed E-state index contributed by atoms with van der Waals surface area (Å²) in [5, 5.41) is 0. The van der Waals surface area contributed by atoms with Crippen LogP contribution in [0.2, 0.25) is 0 Å². The van der Waals surface area contributed by atoms with Crippen molar-refractivity contribution < 1.29 is 23.7 Å². The van der Waals surface area contributed by atoms with E-state index in [1.807, 2.05) is 41.3 Å². The molecule has 0 saturated carbocycles. The van der Waals surface area contributed by atoms with Crippen LogP contribution >= 0.6 is 0 Å². The largest absolute Gasteiger partial charge is 0.489 e. The highest BCUT2D eigenvalue weighted by Gasteiger charge is 2.25. The van der Waals surface area contributed by atoms with Gasteiger partial charge < -0.3 is 23.8 Å². The number of rotatable bonds is 6. The second kappa shape index (κ2) is 8.93. The summed E-state index contributed by atoms with van der Waals surface area (Å²) in [5.74, 6) is 2.22. The number of hydrogen-bond acceptors (Lipinski definition) is 6. The van der Waals surface area contributed by atoms with Gasteiger partial charge in [0.25, 0.3) is 0 Å². The number of carbonyl (C=O) groups excluding carboxylic acids is 1. The van der Waals surface area contributed by atoms with E-state index < -0.39 is 0 Å². The molecule has 4 rings (SSSR count). The fourth-order valence-corrected chi connectivity index (χ4v) is 3.35. The van der Waals surface area contributed by atoms with Crippen molar-refractivity contribution in [1.82, 2.24) is 9.88 Å². The molecule has 1 aromatic heterocycles. The monoisotopic (exact) mass is 384 g/mol. The zero-order valence-electron chi connectivity index (χ0n) is 15.7. The van der Waals surface area contributed by atoms with E-state index in [4.69, 9.17) is 18.9 Å². The number of amides is 1. The van der Waals surface area contributed by atoms with E-state index in [0.717, 1.165) is 24.3 Å². The standard InChI is InChI=1S/C21H24N2O5/c24-21(15-25-13-18-14-26-19-5-1-2-6-20(19)28-18)23-10-7-16(8-11-23)27-17-4-3-9-22-12-17/h1-6,9,12,16,18H,7-8,10-11,13-15H2. The predicted molar refractivity (Wildman–Crippen MR) is 102 cm³/mol. The molecule has 1 saturated heterocycles. The molecular formula is C21H24N2O5. The van der Waals surface area contributed by atoms with Crippen LogP contribution in [0.15, 0.2) is 48.8 Å². The zero-order valence-corrected chi connectivity index (χ0v) is 15.7. The summed E-state index contributed by atoms with van der Waals surface area (Å²) in [7, 11) is 0. The third-order valence-electron chi connectivity index (χ3n) is 4.83. The normalized spacial score (nSPS) is 19.3. The zero-order chi connectivity index (χ0) is 19.2. The summed E-state index contributed by atoms with van der Waals surface area (Å²) in [4.78, 5) is 18.3. The van der Waals surface area contributed by atoms with Crippen molar-refractivity contribution in [2.45, 2.75) is 25.0 Å². The molecule has 7 heteroatoms. The fraction of sp³-hybridized carbons (Fsp3) is 0.429. The van der Waals surface area contributed by atoms with E-state index in [9.17, 15) is 4.79 Å². The van der Waals surface area contributed by atoms with E-state index >= 15 is 0 Å². The average molecular weight is 384 g/mol. The van der Waals surface area contributed by atoms with E-state index in [2.05, 4.69) is 4.98 Å². The van der Waals surface area contributed by atoms with Crippen LogP contribution in [0.3, 0.4) is 0 Å². The molecular weight excluding hydrogens is 360 g/mol. The summed E-state index contributed by atoms with van der Waals surface area (Å²) < 4.78 is 23.0. The summed E-state index contributed by atoms with van der Waals surface area (Å²) in [6.45, 7) is 2.13. The van der Waals surface area contributed by atoms with E-state index in [1.165, 1.54) is 0 Å². The number of aromatic nitrogens is 1. The van der Waals surface area contributed by atoms with Gasteiger partial charge in [-0.3, -0.25) is 9.78 Å². The van der Waals surface area contributed by atoms with Gasteiger partial charge in [0.1, 0.15) is 25.1 Å². The SMILES string of the molecule is O=C(COCC1COc2ccccc2O1)N1CCC(Oc2cccnc2)CC1. The molecule has 1 atom stereocenters. The second-order valence-electron chi connectivity index (χ2n) is 6.90. The number of para-hydroxylation sites is 2. The number of likely N-dealkylation sites (tertiary alicyclic amines) is 1. The van der Waals surface area contributed by atoms with E-state index in [1.54, 1.807) is 12.4 Å². The van der Waals surface area contributed by atoms with Crippen LogP contribution in [0, 0.1) is 0 Å². The van der Waals surface area contributed by atoms with Gasteiger partial charge in [0.05, 0.1) is 12.8 Å². The van der Waals surface area contributed by atoms with Crippen LogP contribution < -0.4 is 14.2 Å². The first-order valence-corrected chi connectivity index (χ1v) is 9.58. The Bertz CT molecular complexity index is 777. The van der Waals surface area contributed by atoms with Crippen molar-refractivity contribution in [3.8, 4) is 17.2 Å². The molecule has 3 heterocycles. The minimum Gasteiger partial charge on any atom is -0.489 e. The molecule has 1 unspecified atom stereocenters. The van der Waals surface area contributed by atoms with Crippen molar-refractivity contribution in [2.24, 2.45) is 0 Å². The lowest BCUT2D eigenvalue weighted by Gasteiger charge is -2.32. The Morgan fingerprint density at radius 2 is 1.96 bits per heavy atom. The van der Waals surface area contributed by atoms with Gasteiger partial charge in [-0.2, -0.15) is 0 Å². The molecule has 1 fully saturated rings. The van der Waals surface area contributed by atoms with Crippen molar-refractivity contribution in [1.29, 1.82) is 0 Å². The summed E-state index contributed by atoms with van der Waals surface area (Å²) in [6, 6.07) is 11.3. The van der Waals surface area contributed by atoms with Crippen LogP contribution in [0.25, 0.3) is 0 Å². The van der Waals surface area contributed by atoms with Gasteiger partial charge >= 0.3 is 0 Å². The third kappa shape index (κ3) is 4.72. The molecule has 0 N–H and O–H groups in total. The highest BCUT2D eigenvalue weighted by molar-refractivity contribution is 5.77. The van der Waals surface area contributed by atoms with E-state index in [-0.39, 0.29) is 24.7 Å². The first kappa shape index (κ1) is 18.6. The minimum absolute atomic E-state index is 0.00282. The van der Waals surface area contributed by atoms with E-state index in [0.29, 0.717) is 32.1 Å². The van der Waals surface area contributed by atoms with Gasteiger partial charge in [0.15, 0.2) is 17.6 Å². The van der Waals surface area contributed by atoms with Gasteiger partial charge in [0.2, 0.25) is 5.91 Å². The van der Waals surface area contributed by atoms with Crippen molar-refractivity contribution in [3.05, 3.63) is 48.8 Å². The molecule has 0 radical (unpaired) electrons. The van der Waals surface area contributed by atoms with Crippen LogP contribution in [-0.2, 0) is 9.53 Å². The lowest BCUT2D eigenvalue weighted by Crippen LogP contribution is -2.44. The molecule has 28 heavy (non-hydrogen) atoms. The smallest absolute Gasteiger partial charge is 0.248 e. The number of fused-ring (bicyclic) bond motifs is 1. The minimum atomic E-state index is -0.207. The summed E-state index contributed by atoms with van der Waals surface area (Å²) >= 11 is 0. The Morgan fingerprint density at radius 3 is 2.75 bits per heavy atom. The highest BCUT2D eigenvalue weighted by Crippen LogP contribution is 2.30. The maximum atomic E-state index is 12.4. The Balaban J connectivity index is 1.15. The predicted octanol–water partition coefficient (Wildman–Crippen LogP) is 2.31. The van der Waals surface area contributed by atoms with Crippen LogP contribution in [0.5, 0.6) is 17.2 Å². The summed E-state index contributed by atoms with van der Waals surface area (Å²) in [6.07, 6.45) is 4.94. The Morgan fingerprint density at radius 1 is 1.14 bits per heavy atom. The first-order chi connectivity index (χ1) is 13.8. The Hall–Kier alpha value is -2.80. The van der Waals surface area contributed by atoms with Crippen LogP contribution in [-0.4, -0.2) is 60.9 Å². The molecule has 1 amide bonds. The molecule has 1 aromatic carbocycles. The molecule has 7 nitrogen and oxygen atoms in total. The summed E-state index contributed by atoms with van der Waals surface area (Å²) in [5.41, 5.74) is 0. The third-order valence-corrected chi connectivity index (χ3v) is 4.83. The first-order valence-electron chi connectivity index (χ1n) is 9.58. The van der Waals surface area contributed by atoms with Gasteiger partial charge in [0, 0.05) is 32.1 Å². The van der Waals surface area contributed by atoms with Crippen LogP contribution in [0.1, 0.15) is 12.8 Å². The quantitative estimate of drug-likeness (QED) is 0.761. The molecule has 2 aliphatic heterocycles. The Kier molecular flexibility index (Phi) is 5.92. The molecule has 2 aromatic rings. The van der Waals surface area contributed by atoms with Gasteiger partial charge in [-0.1, -0.05) is 12.1 Å². The maximum absolute atomic E-state index is 12.4. The molecule has 148 valence electrons. The number of piperidine rings is 1. The van der Waals surface area contributed by atoms with Crippen molar-refractivity contribution >= 4 is 5.91 Å². The lowest BCUT2D eigenvalue weighted by atomic mass is 10.1.